The second kappa shape index (κ2) is 8.92. The van der Waals surface area contributed by atoms with Gasteiger partial charge in [-0.3, -0.25) is 9.59 Å². The van der Waals surface area contributed by atoms with E-state index >= 15 is 0 Å². The van der Waals surface area contributed by atoms with Crippen molar-refractivity contribution in [3.8, 4) is 0 Å². The van der Waals surface area contributed by atoms with Crippen LogP contribution in [0.5, 0.6) is 0 Å². The van der Waals surface area contributed by atoms with Gasteiger partial charge >= 0.3 is 5.97 Å². The highest BCUT2D eigenvalue weighted by Crippen LogP contribution is 2.09. The van der Waals surface area contributed by atoms with Gasteiger partial charge in [0.05, 0.1) is 0 Å². The van der Waals surface area contributed by atoms with Gasteiger partial charge in [-0.05, 0) is 25.8 Å². The number of carboxylic acids is 1. The number of carboxylic acid groups (broad SMARTS) is 1. The van der Waals surface area contributed by atoms with E-state index in [2.05, 4.69) is 5.32 Å². The van der Waals surface area contributed by atoms with Crippen molar-refractivity contribution >= 4 is 17.8 Å². The van der Waals surface area contributed by atoms with Gasteiger partial charge in [-0.25, -0.2) is 4.79 Å². The van der Waals surface area contributed by atoms with Crippen molar-refractivity contribution in [1.29, 1.82) is 0 Å². The van der Waals surface area contributed by atoms with Crippen LogP contribution < -0.4 is 5.32 Å². The van der Waals surface area contributed by atoms with Crippen LogP contribution in [0.25, 0.3) is 0 Å². The van der Waals surface area contributed by atoms with E-state index in [0.717, 1.165) is 11.1 Å². The summed E-state index contributed by atoms with van der Waals surface area (Å²) in [6, 6.07) is 6.95. The summed E-state index contributed by atoms with van der Waals surface area (Å²) >= 11 is 0. The lowest BCUT2D eigenvalue weighted by atomic mass is 10.1. The minimum Gasteiger partial charge on any atom is -0.480 e. The van der Waals surface area contributed by atoms with E-state index < -0.39 is 12.0 Å². The molecule has 2 amide bonds. The molecule has 6 heteroatoms. The summed E-state index contributed by atoms with van der Waals surface area (Å²) in [7, 11) is 0. The van der Waals surface area contributed by atoms with Crippen LogP contribution in [0.1, 0.15) is 31.4 Å². The Kier molecular flexibility index (Phi) is 7.25. The topological polar surface area (TPSA) is 86.7 Å². The molecule has 0 bridgehead atoms. The minimum absolute atomic E-state index is 0.180. The zero-order valence-corrected chi connectivity index (χ0v) is 13.8. The number of benzene rings is 1. The van der Waals surface area contributed by atoms with E-state index in [0.29, 0.717) is 6.42 Å². The number of aliphatic carboxylic acids is 1. The number of nitrogens with zero attached hydrogens (tertiary/aromatic N) is 1. The van der Waals surface area contributed by atoms with Crippen molar-refractivity contribution in [2.24, 2.45) is 0 Å². The molecule has 0 aliphatic carbocycles. The van der Waals surface area contributed by atoms with Crippen LogP contribution >= 0.6 is 0 Å². The van der Waals surface area contributed by atoms with E-state index in [-0.39, 0.29) is 31.3 Å². The third-order valence-corrected chi connectivity index (χ3v) is 3.58. The van der Waals surface area contributed by atoms with E-state index in [4.69, 9.17) is 5.11 Å². The van der Waals surface area contributed by atoms with E-state index in [9.17, 15) is 14.4 Å². The lowest BCUT2D eigenvalue weighted by Crippen LogP contribution is -2.46. The van der Waals surface area contributed by atoms with Gasteiger partial charge in [-0.1, -0.05) is 29.8 Å². The Morgan fingerprint density at radius 1 is 1.30 bits per heavy atom. The normalized spacial score (nSPS) is 11.6. The fraction of sp³-hybridized carbons (Fsp3) is 0.471. The molecule has 1 rings (SSSR count). The first-order valence-corrected chi connectivity index (χ1v) is 7.63. The number of hydrogen-bond donors (Lipinski definition) is 2. The van der Waals surface area contributed by atoms with Gasteiger partial charge in [0.1, 0.15) is 6.04 Å². The Labute approximate surface area is 136 Å². The summed E-state index contributed by atoms with van der Waals surface area (Å²) < 4.78 is 0. The zero-order valence-electron chi connectivity index (χ0n) is 13.8. The van der Waals surface area contributed by atoms with Crippen LogP contribution in [0, 0.1) is 6.92 Å². The fourth-order valence-electron chi connectivity index (χ4n) is 2.28. The maximum Gasteiger partial charge on any atom is 0.326 e. The van der Waals surface area contributed by atoms with Gasteiger partial charge in [0.2, 0.25) is 11.8 Å². The third kappa shape index (κ3) is 6.50. The molecule has 0 heterocycles. The molecule has 0 spiro atoms. The first-order chi connectivity index (χ1) is 10.8. The average molecular weight is 320 g/mol. The number of carbonyl (C=O) groups is 3. The maximum absolute atomic E-state index is 12.4. The van der Waals surface area contributed by atoms with Crippen LogP contribution in [-0.4, -0.2) is 46.9 Å². The Bertz CT molecular complexity index is 571. The molecular formula is C17H24N2O4. The number of carbonyl (C=O) groups excluding carboxylic acids is 2. The molecule has 1 aromatic carbocycles. The van der Waals surface area contributed by atoms with Crippen LogP contribution in [0.2, 0.25) is 0 Å². The van der Waals surface area contributed by atoms with Crippen molar-refractivity contribution in [2.75, 3.05) is 13.1 Å². The summed E-state index contributed by atoms with van der Waals surface area (Å²) in [6.07, 6.45) is 0.796. The lowest BCUT2D eigenvalue weighted by Gasteiger charge is -2.26. The molecule has 23 heavy (non-hydrogen) atoms. The maximum atomic E-state index is 12.4. The molecule has 0 fully saturated rings. The van der Waals surface area contributed by atoms with Crippen molar-refractivity contribution < 1.29 is 19.5 Å². The molecule has 0 saturated carbocycles. The minimum atomic E-state index is -1.06. The summed E-state index contributed by atoms with van der Waals surface area (Å²) in [5.41, 5.74) is 2.17. The number of aryl methyl sites for hydroxylation is 2. The largest absolute Gasteiger partial charge is 0.480 e. The molecule has 6 nitrogen and oxygen atoms in total. The molecule has 1 unspecified atom stereocenters. The molecule has 0 aromatic heterocycles. The molecule has 2 N–H and O–H groups in total. The third-order valence-electron chi connectivity index (χ3n) is 3.58. The van der Waals surface area contributed by atoms with Crippen molar-refractivity contribution in [2.45, 2.75) is 39.7 Å². The standard InChI is InChI=1S/C17H24N2O4/c1-12-5-4-6-15(11-12)7-8-16(21)19(13(2)17(22)23)10-9-18-14(3)20/h4-6,11,13H,7-10H2,1-3H3,(H,18,20)(H,22,23). The number of nitrogens with one attached hydrogen (secondary N) is 1. The molecule has 1 aromatic rings. The first kappa shape index (κ1) is 18.7. The number of amides is 2. The first-order valence-electron chi connectivity index (χ1n) is 7.63. The predicted octanol–water partition coefficient (Wildman–Crippen LogP) is 1.37. The highest BCUT2D eigenvalue weighted by atomic mass is 16.4. The molecule has 1 atom stereocenters. The molecule has 0 aliphatic heterocycles. The number of hydrogen-bond acceptors (Lipinski definition) is 3. The highest BCUT2D eigenvalue weighted by Gasteiger charge is 2.24. The fourth-order valence-corrected chi connectivity index (χ4v) is 2.28. The van der Waals surface area contributed by atoms with Gasteiger partial charge in [-0.15, -0.1) is 0 Å². The summed E-state index contributed by atoms with van der Waals surface area (Å²) in [4.78, 5) is 35.8. The Morgan fingerprint density at radius 3 is 2.57 bits per heavy atom. The van der Waals surface area contributed by atoms with Crippen molar-refractivity contribution in [3.05, 3.63) is 35.4 Å². The quantitative estimate of drug-likeness (QED) is 0.757. The van der Waals surface area contributed by atoms with Crippen LogP contribution in [0.15, 0.2) is 24.3 Å². The Hall–Kier alpha value is -2.37. The van der Waals surface area contributed by atoms with Crippen molar-refractivity contribution in [1.82, 2.24) is 10.2 Å². The van der Waals surface area contributed by atoms with E-state index in [1.54, 1.807) is 0 Å². The summed E-state index contributed by atoms with van der Waals surface area (Å²) in [6.45, 7) is 5.26. The second-order valence-electron chi connectivity index (χ2n) is 5.57. The van der Waals surface area contributed by atoms with Gasteiger partial charge in [-0.2, -0.15) is 0 Å². The highest BCUT2D eigenvalue weighted by molar-refractivity contribution is 5.83. The van der Waals surface area contributed by atoms with E-state index in [1.165, 1.54) is 18.7 Å². The van der Waals surface area contributed by atoms with Crippen LogP contribution in [0.3, 0.4) is 0 Å². The molecule has 0 radical (unpaired) electrons. The average Bonchev–Trinajstić information content (AvgIpc) is 2.48. The Morgan fingerprint density at radius 2 is 2.00 bits per heavy atom. The number of rotatable bonds is 8. The SMILES string of the molecule is CC(=O)NCCN(C(=O)CCc1cccc(C)c1)C(C)C(=O)O. The molecule has 0 aliphatic rings. The van der Waals surface area contributed by atoms with E-state index in [1.807, 2.05) is 31.2 Å². The van der Waals surface area contributed by atoms with Gasteiger partial charge in [0.15, 0.2) is 0 Å². The molecular weight excluding hydrogens is 296 g/mol. The summed E-state index contributed by atoms with van der Waals surface area (Å²) in [5.74, 6) is -1.50. The van der Waals surface area contributed by atoms with Crippen LogP contribution in [0.4, 0.5) is 0 Å². The van der Waals surface area contributed by atoms with Gasteiger partial charge in [0, 0.05) is 26.4 Å². The predicted molar refractivity (Wildman–Crippen MR) is 87.0 cm³/mol. The second-order valence-corrected chi connectivity index (χ2v) is 5.57. The molecule has 126 valence electrons. The van der Waals surface area contributed by atoms with Gasteiger partial charge in [0.25, 0.3) is 0 Å². The van der Waals surface area contributed by atoms with Gasteiger partial charge < -0.3 is 15.3 Å². The van der Waals surface area contributed by atoms with Crippen LogP contribution in [-0.2, 0) is 20.8 Å². The van der Waals surface area contributed by atoms with Crippen molar-refractivity contribution in [3.63, 3.8) is 0 Å². The Balaban J connectivity index is 2.66. The monoisotopic (exact) mass is 320 g/mol. The smallest absolute Gasteiger partial charge is 0.326 e. The summed E-state index contributed by atoms with van der Waals surface area (Å²) in [5, 5.41) is 11.7. The zero-order chi connectivity index (χ0) is 17.4. The lowest BCUT2D eigenvalue weighted by molar-refractivity contribution is -0.149. The molecule has 0 saturated heterocycles.